The first-order chi connectivity index (χ1) is 12.7. The summed E-state index contributed by atoms with van der Waals surface area (Å²) >= 11 is 4.36. The first-order valence-corrected chi connectivity index (χ1v) is 11.0. The number of ether oxygens (including phenoxy) is 1. The zero-order chi connectivity index (χ0) is 20.6. The third kappa shape index (κ3) is 7.21. The predicted molar refractivity (Wildman–Crippen MR) is 105 cm³/mol. The van der Waals surface area contributed by atoms with Crippen LogP contribution in [-0.4, -0.2) is 46.3 Å². The molecule has 2 N–H and O–H groups in total. The van der Waals surface area contributed by atoms with E-state index in [0.717, 1.165) is 0 Å². The van der Waals surface area contributed by atoms with Crippen LogP contribution >= 0.6 is 20.2 Å². The molecule has 0 aromatic carbocycles. The third-order valence-electron chi connectivity index (χ3n) is 4.04. The number of aromatic nitrogens is 2. The number of aromatic amines is 1. The molecule has 1 heterocycles. The highest BCUT2D eigenvalue weighted by atomic mass is 32.1. The van der Waals surface area contributed by atoms with E-state index in [1.54, 1.807) is 20.8 Å². The van der Waals surface area contributed by atoms with Crippen LogP contribution in [0.15, 0.2) is 15.8 Å². The van der Waals surface area contributed by atoms with Crippen molar-refractivity contribution >= 4 is 20.2 Å². The predicted octanol–water partition coefficient (Wildman–Crippen LogP) is 1.59. The standard InChI is InChI=1S/C16H29N2O7PS/c1-5-24-26(22,25-6-2)10-23-15(27)13(9-19)11(3)7-18-8-12(4)14(20)17-16(18)21/h8,11,13,15,19,27H,5-7,9-10H2,1-4H3,(H,17,20,21)/t11?,13-,15?/m1/s1. The van der Waals surface area contributed by atoms with Crippen LogP contribution in [0.1, 0.15) is 26.3 Å². The summed E-state index contributed by atoms with van der Waals surface area (Å²) in [4.78, 5) is 25.6. The van der Waals surface area contributed by atoms with Crippen molar-refractivity contribution in [2.45, 2.75) is 39.7 Å². The Morgan fingerprint density at radius 2 is 1.89 bits per heavy atom. The normalized spacial score (nSPS) is 15.5. The van der Waals surface area contributed by atoms with Crippen molar-refractivity contribution in [2.75, 3.05) is 26.2 Å². The molecule has 0 fully saturated rings. The third-order valence-corrected chi connectivity index (χ3v) is 6.34. The summed E-state index contributed by atoms with van der Waals surface area (Å²) in [6, 6.07) is 0. The molecule has 0 amide bonds. The van der Waals surface area contributed by atoms with Gasteiger partial charge in [0.2, 0.25) is 0 Å². The van der Waals surface area contributed by atoms with Crippen LogP contribution in [0.5, 0.6) is 0 Å². The molecular formula is C16H29N2O7PS. The molecule has 1 aromatic heterocycles. The summed E-state index contributed by atoms with van der Waals surface area (Å²) < 4.78 is 29.7. The number of hydrogen-bond acceptors (Lipinski definition) is 8. The molecular weight excluding hydrogens is 395 g/mol. The second-order valence-corrected chi connectivity index (χ2v) is 8.69. The number of aryl methyl sites for hydroxylation is 1. The highest BCUT2D eigenvalue weighted by Gasteiger charge is 2.30. The molecule has 0 saturated carbocycles. The van der Waals surface area contributed by atoms with Gasteiger partial charge in [-0.25, -0.2) is 4.79 Å². The molecule has 11 heteroatoms. The number of aliphatic hydroxyl groups excluding tert-OH is 1. The van der Waals surface area contributed by atoms with E-state index in [9.17, 15) is 19.3 Å². The van der Waals surface area contributed by atoms with Crippen molar-refractivity contribution in [2.24, 2.45) is 11.8 Å². The number of thiol groups is 1. The van der Waals surface area contributed by atoms with Crippen LogP contribution in [0, 0.1) is 18.8 Å². The quantitative estimate of drug-likeness (QED) is 0.265. The summed E-state index contributed by atoms with van der Waals surface area (Å²) in [5.74, 6) is -0.678. The second-order valence-electron chi connectivity index (χ2n) is 6.18. The van der Waals surface area contributed by atoms with Gasteiger partial charge in [0.15, 0.2) is 0 Å². The fourth-order valence-corrected chi connectivity index (χ4v) is 4.48. The fourth-order valence-electron chi connectivity index (χ4n) is 2.55. The Hall–Kier alpha value is -0.900. The van der Waals surface area contributed by atoms with Crippen molar-refractivity contribution in [1.29, 1.82) is 0 Å². The maximum Gasteiger partial charge on any atom is 0.356 e. The minimum atomic E-state index is -3.39. The highest BCUT2D eigenvalue weighted by molar-refractivity contribution is 7.80. The molecule has 9 nitrogen and oxygen atoms in total. The van der Waals surface area contributed by atoms with Gasteiger partial charge in [-0.2, -0.15) is 0 Å². The zero-order valence-corrected chi connectivity index (χ0v) is 17.9. The van der Waals surface area contributed by atoms with Crippen molar-refractivity contribution in [3.8, 4) is 0 Å². The molecule has 0 aliphatic rings. The zero-order valence-electron chi connectivity index (χ0n) is 16.1. The number of nitrogens with one attached hydrogen (secondary N) is 1. The summed E-state index contributed by atoms with van der Waals surface area (Å²) in [6.07, 6.45) is 1.18. The Labute approximate surface area is 164 Å². The lowest BCUT2D eigenvalue weighted by molar-refractivity contribution is 0.0349. The largest absolute Gasteiger partial charge is 0.396 e. The van der Waals surface area contributed by atoms with E-state index >= 15 is 0 Å². The van der Waals surface area contributed by atoms with Crippen molar-refractivity contribution in [1.82, 2.24) is 9.55 Å². The molecule has 1 rings (SSSR count). The average molecular weight is 424 g/mol. The smallest absolute Gasteiger partial charge is 0.356 e. The van der Waals surface area contributed by atoms with Crippen molar-refractivity contribution in [3.63, 3.8) is 0 Å². The minimum absolute atomic E-state index is 0.214. The number of hydrogen-bond donors (Lipinski definition) is 3. The van der Waals surface area contributed by atoms with Gasteiger partial charge >= 0.3 is 13.3 Å². The van der Waals surface area contributed by atoms with Crippen LogP contribution in [0.25, 0.3) is 0 Å². The Morgan fingerprint density at radius 3 is 2.41 bits per heavy atom. The van der Waals surface area contributed by atoms with Crippen LogP contribution in [0.4, 0.5) is 0 Å². The van der Waals surface area contributed by atoms with E-state index < -0.39 is 30.2 Å². The van der Waals surface area contributed by atoms with Gasteiger partial charge in [-0.3, -0.25) is 14.3 Å². The lowest BCUT2D eigenvalue weighted by atomic mass is 9.95. The van der Waals surface area contributed by atoms with Gasteiger partial charge in [-0.05, 0) is 26.7 Å². The Bertz CT molecular complexity index is 741. The van der Waals surface area contributed by atoms with Gasteiger partial charge in [-0.15, -0.1) is 12.6 Å². The van der Waals surface area contributed by atoms with Crippen LogP contribution in [0.2, 0.25) is 0 Å². The molecule has 3 atom stereocenters. The van der Waals surface area contributed by atoms with Crippen molar-refractivity contribution in [3.05, 3.63) is 32.6 Å². The summed E-state index contributed by atoms with van der Waals surface area (Å²) in [7, 11) is -3.39. The van der Waals surface area contributed by atoms with E-state index in [1.807, 2.05) is 6.92 Å². The molecule has 0 aliphatic carbocycles. The first kappa shape index (κ1) is 24.1. The lowest BCUT2D eigenvalue weighted by Gasteiger charge is -2.28. The Kier molecular flexibility index (Phi) is 10.0. The SMILES string of the molecule is CCOP(=O)(COC(S)[C@H](CO)C(C)Cn1cc(C)c(=O)[nH]c1=O)OCC. The number of H-pyrrole nitrogens is 1. The molecule has 156 valence electrons. The number of aliphatic hydroxyl groups is 1. The summed E-state index contributed by atoms with van der Waals surface area (Å²) in [5.41, 5.74) is -1.29. The van der Waals surface area contributed by atoms with Gasteiger partial charge < -0.3 is 23.5 Å². The monoisotopic (exact) mass is 424 g/mol. The molecule has 0 bridgehead atoms. The maximum absolute atomic E-state index is 12.5. The van der Waals surface area contributed by atoms with Crippen LogP contribution in [-0.2, 0) is 24.9 Å². The molecule has 1 aromatic rings. The van der Waals surface area contributed by atoms with Gasteiger partial charge in [-0.1, -0.05) is 6.92 Å². The number of nitrogens with zero attached hydrogens (tertiary/aromatic N) is 1. The highest BCUT2D eigenvalue weighted by Crippen LogP contribution is 2.48. The van der Waals surface area contributed by atoms with Crippen LogP contribution < -0.4 is 11.2 Å². The van der Waals surface area contributed by atoms with Gasteiger partial charge in [0.1, 0.15) is 11.8 Å². The topological polar surface area (TPSA) is 120 Å². The average Bonchev–Trinajstić information content (AvgIpc) is 2.59. The first-order valence-electron chi connectivity index (χ1n) is 8.76. The van der Waals surface area contributed by atoms with E-state index in [2.05, 4.69) is 17.6 Å². The van der Waals surface area contributed by atoms with Gasteiger partial charge in [0.25, 0.3) is 5.56 Å². The van der Waals surface area contributed by atoms with E-state index in [0.29, 0.717) is 5.56 Å². The van der Waals surface area contributed by atoms with E-state index in [1.165, 1.54) is 10.8 Å². The summed E-state index contributed by atoms with van der Waals surface area (Å²) in [6.45, 7) is 7.26. The molecule has 0 radical (unpaired) electrons. The van der Waals surface area contributed by atoms with Crippen LogP contribution in [0.3, 0.4) is 0 Å². The fraction of sp³-hybridized carbons (Fsp3) is 0.750. The molecule has 0 saturated heterocycles. The molecule has 0 aliphatic heterocycles. The molecule has 0 spiro atoms. The van der Waals surface area contributed by atoms with Gasteiger partial charge in [0.05, 0.1) is 13.2 Å². The molecule has 27 heavy (non-hydrogen) atoms. The Balaban J connectivity index is 2.81. The second kappa shape index (κ2) is 11.2. The van der Waals surface area contributed by atoms with E-state index in [4.69, 9.17) is 13.8 Å². The van der Waals surface area contributed by atoms with Gasteiger partial charge in [0, 0.05) is 30.8 Å². The molecule has 2 unspecified atom stereocenters. The van der Waals surface area contributed by atoms with E-state index in [-0.39, 0.29) is 38.6 Å². The minimum Gasteiger partial charge on any atom is -0.396 e. The summed E-state index contributed by atoms with van der Waals surface area (Å²) in [5, 5.41) is 9.74. The maximum atomic E-state index is 12.5. The number of rotatable bonds is 12. The lowest BCUT2D eigenvalue weighted by Crippen LogP contribution is -2.36. The Morgan fingerprint density at radius 1 is 1.30 bits per heavy atom. The van der Waals surface area contributed by atoms with Crippen molar-refractivity contribution < 1.29 is 23.5 Å².